The molecule has 0 amide bonds. The lowest BCUT2D eigenvalue weighted by molar-refractivity contribution is -0.165. The first-order chi connectivity index (χ1) is 9.25. The number of rotatable bonds is 4. The molecule has 1 rings (SSSR count). The van der Waals surface area contributed by atoms with Crippen LogP contribution in [0.1, 0.15) is 0 Å². The molecule has 2 unspecified atom stereocenters. The summed E-state index contributed by atoms with van der Waals surface area (Å²) in [4.78, 5) is 23.4. The van der Waals surface area contributed by atoms with Crippen molar-refractivity contribution >= 4 is 23.6 Å². The Morgan fingerprint density at radius 2 is 1.35 bits per heavy atom. The van der Waals surface area contributed by atoms with E-state index in [0.717, 1.165) is 5.69 Å². The van der Waals surface area contributed by atoms with E-state index < -0.39 is 24.1 Å². The van der Waals surface area contributed by atoms with Crippen molar-refractivity contribution in [3.05, 3.63) is 30.3 Å². The lowest BCUT2D eigenvalue weighted by atomic mass is 10.2. The van der Waals surface area contributed by atoms with Crippen molar-refractivity contribution in [3.63, 3.8) is 0 Å². The molecule has 2 atom stereocenters. The summed E-state index contributed by atoms with van der Waals surface area (Å²) in [7, 11) is 0. The van der Waals surface area contributed by atoms with E-state index in [1.54, 1.807) is 0 Å². The van der Waals surface area contributed by atoms with E-state index in [1.165, 1.54) is 0 Å². The van der Waals surface area contributed by atoms with Crippen LogP contribution in [0.25, 0.3) is 0 Å². The molecule has 0 saturated carbocycles. The van der Waals surface area contributed by atoms with Crippen LogP contribution in [0.15, 0.2) is 35.3 Å². The monoisotopic (exact) mass is 285 g/mol. The number of guanidine groups is 1. The Balaban J connectivity index is 0.000000361. The van der Waals surface area contributed by atoms with Gasteiger partial charge in [0.05, 0.1) is 5.69 Å². The van der Waals surface area contributed by atoms with Crippen molar-refractivity contribution < 1.29 is 30.0 Å². The van der Waals surface area contributed by atoms with Crippen molar-refractivity contribution in [1.82, 2.24) is 0 Å². The highest BCUT2D eigenvalue weighted by atomic mass is 16.4. The zero-order valence-corrected chi connectivity index (χ0v) is 10.2. The summed E-state index contributed by atoms with van der Waals surface area (Å²) in [5, 5.41) is 32.5. The average molecular weight is 285 g/mol. The van der Waals surface area contributed by atoms with Gasteiger partial charge in [-0.05, 0) is 12.1 Å². The maximum atomic E-state index is 9.77. The van der Waals surface area contributed by atoms with Gasteiger partial charge < -0.3 is 31.9 Å². The zero-order chi connectivity index (χ0) is 15.7. The second-order valence-corrected chi connectivity index (χ2v) is 3.44. The van der Waals surface area contributed by atoms with Crippen LogP contribution in [0.2, 0.25) is 0 Å². The first-order valence-corrected chi connectivity index (χ1v) is 5.22. The Hall–Kier alpha value is -2.65. The highest BCUT2D eigenvalue weighted by molar-refractivity contribution is 5.83. The second-order valence-electron chi connectivity index (χ2n) is 3.44. The van der Waals surface area contributed by atoms with Crippen LogP contribution in [0.4, 0.5) is 5.69 Å². The summed E-state index contributed by atoms with van der Waals surface area (Å²) < 4.78 is 0. The van der Waals surface area contributed by atoms with Crippen molar-refractivity contribution in [2.75, 3.05) is 0 Å². The Morgan fingerprint density at radius 1 is 0.950 bits per heavy atom. The van der Waals surface area contributed by atoms with Gasteiger partial charge in [0.25, 0.3) is 0 Å². The highest BCUT2D eigenvalue weighted by Crippen LogP contribution is 2.07. The zero-order valence-electron chi connectivity index (χ0n) is 10.2. The van der Waals surface area contributed by atoms with E-state index in [1.807, 2.05) is 30.3 Å². The summed E-state index contributed by atoms with van der Waals surface area (Å²) in [6.07, 6.45) is -4.53. The molecule has 0 aromatic heterocycles. The second kappa shape index (κ2) is 8.45. The first-order valence-electron chi connectivity index (χ1n) is 5.22. The molecule has 9 heteroatoms. The number of para-hydroxylation sites is 1. The first kappa shape index (κ1) is 17.4. The average Bonchev–Trinajstić information content (AvgIpc) is 2.38. The minimum Gasteiger partial charge on any atom is -0.479 e. The van der Waals surface area contributed by atoms with Gasteiger partial charge in [-0.1, -0.05) is 18.2 Å². The summed E-state index contributed by atoms with van der Waals surface area (Å²) in [5.41, 5.74) is 11.1. The van der Waals surface area contributed by atoms with E-state index in [0.29, 0.717) is 0 Å². The third-order valence-corrected chi connectivity index (χ3v) is 1.82. The van der Waals surface area contributed by atoms with Crippen LogP contribution in [0.5, 0.6) is 0 Å². The molecule has 1 aromatic carbocycles. The van der Waals surface area contributed by atoms with Gasteiger partial charge in [0, 0.05) is 0 Å². The number of hydrogen-bond donors (Lipinski definition) is 6. The number of aliphatic imine (C=N–C) groups is 1. The molecule has 9 nitrogen and oxygen atoms in total. The topological polar surface area (TPSA) is 179 Å². The number of nitrogens with two attached hydrogens (primary N) is 2. The molecule has 0 bridgehead atoms. The fraction of sp³-hybridized carbons (Fsp3) is 0.182. The molecular formula is C11H15N3O6. The summed E-state index contributed by atoms with van der Waals surface area (Å²) in [6.45, 7) is 0. The van der Waals surface area contributed by atoms with E-state index in [9.17, 15) is 9.59 Å². The van der Waals surface area contributed by atoms with Crippen molar-refractivity contribution in [3.8, 4) is 0 Å². The molecule has 0 aliphatic heterocycles. The van der Waals surface area contributed by atoms with E-state index in [4.69, 9.17) is 31.9 Å². The number of benzene rings is 1. The molecule has 1 aromatic rings. The number of aliphatic carboxylic acids is 2. The maximum absolute atomic E-state index is 9.77. The quantitative estimate of drug-likeness (QED) is 0.284. The number of aliphatic hydroxyl groups excluding tert-OH is 2. The SMILES string of the molecule is NC(N)=Nc1ccccc1.O=C(O)C(O)C(O)C(=O)O. The molecule has 0 aliphatic rings. The Morgan fingerprint density at radius 3 is 1.65 bits per heavy atom. The number of carbonyl (C=O) groups is 2. The summed E-state index contributed by atoms with van der Waals surface area (Å²) >= 11 is 0. The molecule has 0 fully saturated rings. The van der Waals surface area contributed by atoms with Crippen LogP contribution >= 0.6 is 0 Å². The predicted molar refractivity (Wildman–Crippen MR) is 69.2 cm³/mol. The Kier molecular flexibility index (Phi) is 7.33. The van der Waals surface area contributed by atoms with Gasteiger partial charge in [-0.15, -0.1) is 0 Å². The fourth-order valence-corrected chi connectivity index (χ4v) is 0.922. The van der Waals surface area contributed by atoms with Crippen LogP contribution in [0, 0.1) is 0 Å². The minimum absolute atomic E-state index is 0.0891. The number of carboxylic acids is 2. The fourth-order valence-electron chi connectivity index (χ4n) is 0.922. The number of nitrogens with zero attached hydrogens (tertiary/aromatic N) is 1. The normalized spacial score (nSPS) is 12.3. The van der Waals surface area contributed by atoms with Gasteiger partial charge in [0.1, 0.15) is 0 Å². The van der Waals surface area contributed by atoms with Gasteiger partial charge in [0.2, 0.25) is 0 Å². The van der Waals surface area contributed by atoms with Gasteiger partial charge in [-0.2, -0.15) is 0 Å². The molecule has 0 spiro atoms. The van der Waals surface area contributed by atoms with Gasteiger partial charge in [0.15, 0.2) is 18.2 Å². The lowest BCUT2D eigenvalue weighted by Crippen LogP contribution is -2.39. The molecule has 8 N–H and O–H groups in total. The molecule has 0 heterocycles. The smallest absolute Gasteiger partial charge is 0.335 e. The van der Waals surface area contributed by atoms with Crippen molar-refractivity contribution in [2.45, 2.75) is 12.2 Å². The third-order valence-electron chi connectivity index (χ3n) is 1.82. The lowest BCUT2D eigenvalue weighted by Gasteiger charge is -2.07. The molecule has 110 valence electrons. The number of aliphatic hydroxyl groups is 2. The molecule has 0 radical (unpaired) electrons. The minimum atomic E-state index is -2.27. The van der Waals surface area contributed by atoms with Crippen LogP contribution in [-0.4, -0.2) is 50.5 Å². The summed E-state index contributed by atoms with van der Waals surface area (Å²) in [5.74, 6) is -3.45. The number of carboxylic acid groups (broad SMARTS) is 2. The number of hydrogen-bond acceptors (Lipinski definition) is 5. The van der Waals surface area contributed by atoms with Crippen LogP contribution < -0.4 is 11.5 Å². The third kappa shape index (κ3) is 6.93. The van der Waals surface area contributed by atoms with Crippen molar-refractivity contribution in [2.24, 2.45) is 16.5 Å². The van der Waals surface area contributed by atoms with Gasteiger partial charge >= 0.3 is 11.9 Å². The molecule has 0 saturated heterocycles. The molecule has 20 heavy (non-hydrogen) atoms. The molecular weight excluding hydrogens is 270 g/mol. The molecule has 0 aliphatic carbocycles. The largest absolute Gasteiger partial charge is 0.479 e. The standard InChI is InChI=1S/C7H9N3.C4H6O6/c8-7(9)10-6-4-2-1-3-5-6;5-1(3(7)8)2(6)4(9)10/h1-5H,(H4,8,9,10);1-2,5-6H,(H,7,8)(H,9,10). The van der Waals surface area contributed by atoms with Gasteiger partial charge in [-0.3, -0.25) is 0 Å². The van der Waals surface area contributed by atoms with E-state index in [-0.39, 0.29) is 5.96 Å². The Labute approximate surface area is 113 Å². The van der Waals surface area contributed by atoms with E-state index >= 15 is 0 Å². The Bertz CT molecular complexity index is 454. The van der Waals surface area contributed by atoms with Crippen LogP contribution in [0.3, 0.4) is 0 Å². The van der Waals surface area contributed by atoms with E-state index in [2.05, 4.69) is 4.99 Å². The van der Waals surface area contributed by atoms with Gasteiger partial charge in [-0.25, -0.2) is 14.6 Å². The van der Waals surface area contributed by atoms with Crippen molar-refractivity contribution in [1.29, 1.82) is 0 Å². The highest BCUT2D eigenvalue weighted by Gasteiger charge is 2.29. The maximum Gasteiger partial charge on any atom is 0.335 e. The predicted octanol–water partition coefficient (Wildman–Crippen LogP) is -1.53. The van der Waals surface area contributed by atoms with Crippen LogP contribution in [-0.2, 0) is 9.59 Å². The summed E-state index contributed by atoms with van der Waals surface area (Å²) in [6, 6.07) is 9.33.